The van der Waals surface area contributed by atoms with Crippen molar-refractivity contribution in [3.63, 3.8) is 0 Å². The molecule has 2 rings (SSSR count). The highest BCUT2D eigenvalue weighted by Gasteiger charge is 2.16. The molecule has 1 fully saturated rings. The molecule has 1 aliphatic rings. The Balaban J connectivity index is 1.85. The van der Waals surface area contributed by atoms with E-state index in [4.69, 9.17) is 9.47 Å². The van der Waals surface area contributed by atoms with Crippen LogP contribution in [0.25, 0.3) is 0 Å². The van der Waals surface area contributed by atoms with E-state index in [-0.39, 0.29) is 24.4 Å². The number of benzene rings is 1. The van der Waals surface area contributed by atoms with E-state index in [1.807, 2.05) is 0 Å². The Bertz CT molecular complexity index is 554. The van der Waals surface area contributed by atoms with Crippen molar-refractivity contribution in [1.29, 1.82) is 0 Å². The van der Waals surface area contributed by atoms with Gasteiger partial charge in [-0.25, -0.2) is 0 Å². The number of carbonyl (C=O) groups is 2. The van der Waals surface area contributed by atoms with E-state index in [1.54, 1.807) is 18.2 Å². The zero-order valence-corrected chi connectivity index (χ0v) is 13.7. The van der Waals surface area contributed by atoms with Crippen molar-refractivity contribution in [2.45, 2.75) is 38.1 Å². The van der Waals surface area contributed by atoms with Gasteiger partial charge >= 0.3 is 0 Å². The zero-order valence-electron chi connectivity index (χ0n) is 13.7. The second-order valence-corrected chi connectivity index (χ2v) is 5.65. The van der Waals surface area contributed by atoms with Crippen LogP contribution in [0, 0.1) is 0 Å². The minimum atomic E-state index is -0.315. The Morgan fingerprint density at radius 1 is 1.09 bits per heavy atom. The van der Waals surface area contributed by atoms with E-state index < -0.39 is 0 Å². The summed E-state index contributed by atoms with van der Waals surface area (Å²) in [5, 5.41) is 5.60. The summed E-state index contributed by atoms with van der Waals surface area (Å²) in [6.07, 6.45) is 5.60. The molecular weight excluding hydrogens is 296 g/mol. The molecule has 1 aromatic rings. The normalized spacial score (nSPS) is 14.9. The van der Waals surface area contributed by atoms with Gasteiger partial charge in [-0.1, -0.05) is 19.3 Å². The number of hydrogen-bond donors (Lipinski definition) is 2. The first-order chi connectivity index (χ1) is 11.1. The first-order valence-electron chi connectivity index (χ1n) is 7.93. The van der Waals surface area contributed by atoms with Crippen LogP contribution in [0.5, 0.6) is 11.5 Å². The Morgan fingerprint density at radius 3 is 2.43 bits per heavy atom. The topological polar surface area (TPSA) is 76.7 Å². The Kier molecular flexibility index (Phi) is 6.26. The van der Waals surface area contributed by atoms with E-state index in [0.29, 0.717) is 17.1 Å². The van der Waals surface area contributed by atoms with Gasteiger partial charge in [0.15, 0.2) is 11.5 Å². The third-order valence-corrected chi connectivity index (χ3v) is 4.03. The molecule has 2 N–H and O–H groups in total. The van der Waals surface area contributed by atoms with E-state index in [9.17, 15) is 9.59 Å². The number of nitrogens with one attached hydrogen (secondary N) is 2. The van der Waals surface area contributed by atoms with Crippen molar-refractivity contribution < 1.29 is 19.1 Å². The fourth-order valence-electron chi connectivity index (χ4n) is 2.77. The van der Waals surface area contributed by atoms with Gasteiger partial charge in [-0.05, 0) is 31.0 Å². The van der Waals surface area contributed by atoms with Crippen LogP contribution in [0.4, 0.5) is 0 Å². The van der Waals surface area contributed by atoms with Crippen LogP contribution in [-0.4, -0.2) is 38.6 Å². The standard InChI is InChI=1S/C17H24N2O4/c1-22-14-9-8-12(10-15(14)23-2)17(21)18-11-16(20)19-13-6-4-3-5-7-13/h8-10,13H,3-7,11H2,1-2H3,(H,18,21)(H,19,20). The van der Waals surface area contributed by atoms with Crippen molar-refractivity contribution in [3.8, 4) is 11.5 Å². The summed E-state index contributed by atoms with van der Waals surface area (Å²) >= 11 is 0. The van der Waals surface area contributed by atoms with Crippen LogP contribution in [0.1, 0.15) is 42.5 Å². The molecule has 2 amide bonds. The van der Waals surface area contributed by atoms with Crippen LogP contribution in [0.2, 0.25) is 0 Å². The molecule has 1 aromatic carbocycles. The van der Waals surface area contributed by atoms with Crippen LogP contribution >= 0.6 is 0 Å². The predicted octanol–water partition coefficient (Wildman–Crippen LogP) is 1.88. The van der Waals surface area contributed by atoms with Gasteiger partial charge in [-0.15, -0.1) is 0 Å². The SMILES string of the molecule is COc1ccc(C(=O)NCC(=O)NC2CCCCC2)cc1OC. The van der Waals surface area contributed by atoms with Crippen LogP contribution in [0.15, 0.2) is 18.2 Å². The Morgan fingerprint density at radius 2 is 1.78 bits per heavy atom. The Hall–Kier alpha value is -2.24. The summed E-state index contributed by atoms with van der Waals surface area (Å²) in [7, 11) is 3.05. The van der Waals surface area contributed by atoms with Gasteiger partial charge in [0.25, 0.3) is 5.91 Å². The molecule has 0 bridgehead atoms. The minimum absolute atomic E-state index is 0.0241. The highest BCUT2D eigenvalue weighted by molar-refractivity contribution is 5.97. The lowest BCUT2D eigenvalue weighted by Crippen LogP contribution is -2.42. The number of carbonyl (C=O) groups excluding carboxylic acids is 2. The monoisotopic (exact) mass is 320 g/mol. The average molecular weight is 320 g/mol. The number of methoxy groups -OCH3 is 2. The smallest absolute Gasteiger partial charge is 0.251 e. The van der Waals surface area contributed by atoms with E-state index >= 15 is 0 Å². The third kappa shape index (κ3) is 4.87. The summed E-state index contributed by atoms with van der Waals surface area (Å²) in [6.45, 7) is -0.0241. The van der Waals surface area contributed by atoms with Gasteiger partial charge in [0.05, 0.1) is 20.8 Å². The molecule has 0 spiro atoms. The fraction of sp³-hybridized carbons (Fsp3) is 0.529. The van der Waals surface area contributed by atoms with Crippen molar-refractivity contribution in [1.82, 2.24) is 10.6 Å². The minimum Gasteiger partial charge on any atom is -0.493 e. The second-order valence-electron chi connectivity index (χ2n) is 5.65. The van der Waals surface area contributed by atoms with Gasteiger partial charge in [-0.2, -0.15) is 0 Å². The van der Waals surface area contributed by atoms with Gasteiger partial charge in [0.2, 0.25) is 5.91 Å². The summed E-state index contributed by atoms with van der Waals surface area (Å²) in [5.74, 6) is 0.571. The maximum atomic E-state index is 12.1. The molecule has 0 aromatic heterocycles. The van der Waals surface area contributed by atoms with E-state index in [1.165, 1.54) is 20.6 Å². The highest BCUT2D eigenvalue weighted by Crippen LogP contribution is 2.27. The molecule has 1 saturated carbocycles. The average Bonchev–Trinajstić information content (AvgIpc) is 2.59. The first kappa shape index (κ1) is 17.1. The number of rotatable bonds is 6. The fourth-order valence-corrected chi connectivity index (χ4v) is 2.77. The largest absolute Gasteiger partial charge is 0.493 e. The van der Waals surface area contributed by atoms with Crippen LogP contribution < -0.4 is 20.1 Å². The molecule has 0 heterocycles. The molecule has 6 nitrogen and oxygen atoms in total. The molecule has 23 heavy (non-hydrogen) atoms. The van der Waals surface area contributed by atoms with Crippen molar-refractivity contribution >= 4 is 11.8 Å². The van der Waals surface area contributed by atoms with E-state index in [0.717, 1.165) is 25.7 Å². The summed E-state index contributed by atoms with van der Waals surface area (Å²) in [4.78, 5) is 24.0. The van der Waals surface area contributed by atoms with Crippen LogP contribution in [0.3, 0.4) is 0 Å². The van der Waals surface area contributed by atoms with Gasteiger partial charge in [-0.3, -0.25) is 9.59 Å². The van der Waals surface area contributed by atoms with Gasteiger partial charge in [0, 0.05) is 11.6 Å². The van der Waals surface area contributed by atoms with Crippen molar-refractivity contribution in [3.05, 3.63) is 23.8 Å². The quantitative estimate of drug-likeness (QED) is 0.839. The summed E-state index contributed by atoms with van der Waals surface area (Å²) in [6, 6.07) is 5.13. The number of hydrogen-bond acceptors (Lipinski definition) is 4. The van der Waals surface area contributed by atoms with Crippen LogP contribution in [-0.2, 0) is 4.79 Å². The predicted molar refractivity (Wildman–Crippen MR) is 86.9 cm³/mol. The molecule has 126 valence electrons. The molecule has 0 saturated heterocycles. The molecule has 0 atom stereocenters. The number of ether oxygens (including phenoxy) is 2. The lowest BCUT2D eigenvalue weighted by Gasteiger charge is -2.22. The molecule has 6 heteroatoms. The van der Waals surface area contributed by atoms with Crippen molar-refractivity contribution in [2.24, 2.45) is 0 Å². The first-order valence-corrected chi connectivity index (χ1v) is 7.93. The maximum Gasteiger partial charge on any atom is 0.251 e. The molecular formula is C17H24N2O4. The highest BCUT2D eigenvalue weighted by atomic mass is 16.5. The van der Waals surface area contributed by atoms with Crippen molar-refractivity contribution in [2.75, 3.05) is 20.8 Å². The zero-order chi connectivity index (χ0) is 16.7. The molecule has 0 unspecified atom stereocenters. The third-order valence-electron chi connectivity index (χ3n) is 4.03. The lowest BCUT2D eigenvalue weighted by molar-refractivity contribution is -0.121. The lowest BCUT2D eigenvalue weighted by atomic mass is 9.95. The molecule has 0 aliphatic heterocycles. The number of amides is 2. The Labute approximate surface area is 136 Å². The maximum absolute atomic E-state index is 12.1. The summed E-state index contributed by atoms with van der Waals surface area (Å²) < 4.78 is 10.3. The van der Waals surface area contributed by atoms with Gasteiger partial charge < -0.3 is 20.1 Å². The van der Waals surface area contributed by atoms with E-state index in [2.05, 4.69) is 10.6 Å². The molecule has 0 radical (unpaired) electrons. The molecule has 1 aliphatic carbocycles. The summed E-state index contributed by atoms with van der Waals surface area (Å²) in [5.41, 5.74) is 0.424. The van der Waals surface area contributed by atoms with Gasteiger partial charge in [0.1, 0.15) is 0 Å². The second kappa shape index (κ2) is 8.41.